The molecule has 0 N–H and O–H groups in total. The van der Waals surface area contributed by atoms with Crippen LogP contribution in [0, 0.1) is 25.2 Å². The lowest BCUT2D eigenvalue weighted by molar-refractivity contribution is -0.137. The second-order valence-electron chi connectivity index (χ2n) is 6.01. The summed E-state index contributed by atoms with van der Waals surface area (Å²) in [5, 5.41) is 9.32. The van der Waals surface area contributed by atoms with Gasteiger partial charge < -0.3 is 14.0 Å². The predicted molar refractivity (Wildman–Crippen MR) is 101 cm³/mol. The number of benzene rings is 1. The van der Waals surface area contributed by atoms with E-state index in [0.29, 0.717) is 18.7 Å². The molecule has 0 bridgehead atoms. The second-order valence-corrected chi connectivity index (χ2v) is 6.01. The lowest BCUT2D eigenvalue weighted by Crippen LogP contribution is -2.15. The van der Waals surface area contributed by atoms with Crippen LogP contribution in [0.5, 0.6) is 0 Å². The summed E-state index contributed by atoms with van der Waals surface area (Å²) in [6, 6.07) is 12.3. The number of esters is 1. The van der Waals surface area contributed by atoms with E-state index >= 15 is 0 Å². The van der Waals surface area contributed by atoms with Crippen LogP contribution in [0.2, 0.25) is 0 Å². The van der Waals surface area contributed by atoms with Crippen LogP contribution in [0.4, 0.5) is 0 Å². The van der Waals surface area contributed by atoms with Crippen LogP contribution in [-0.2, 0) is 20.8 Å². The first-order valence-electron chi connectivity index (χ1n) is 8.50. The molecule has 0 radical (unpaired) electrons. The number of ether oxygens (including phenoxy) is 2. The zero-order valence-corrected chi connectivity index (χ0v) is 15.7. The number of Topliss-reactive ketones (excluding diaryl/α,β-unsaturated/α-hetero) is 1. The number of aromatic nitrogens is 1. The molecule has 1 heterocycles. The summed E-state index contributed by atoms with van der Waals surface area (Å²) in [4.78, 5) is 24.2. The fourth-order valence-corrected chi connectivity index (χ4v) is 2.71. The molecule has 0 saturated heterocycles. The maximum atomic E-state index is 12.2. The number of ketones is 1. The molecular weight excluding hydrogens is 344 g/mol. The molecule has 27 heavy (non-hydrogen) atoms. The Kier molecular flexibility index (Phi) is 7.09. The minimum Gasteiger partial charge on any atom is -0.453 e. The number of nitriles is 1. The van der Waals surface area contributed by atoms with Gasteiger partial charge in [-0.3, -0.25) is 4.79 Å². The summed E-state index contributed by atoms with van der Waals surface area (Å²) in [6.07, 6.45) is 1.49. The van der Waals surface area contributed by atoms with E-state index < -0.39 is 12.6 Å². The summed E-state index contributed by atoms with van der Waals surface area (Å²) in [5.74, 6) is -1.14. The maximum absolute atomic E-state index is 12.2. The molecule has 0 unspecified atom stereocenters. The number of hydrogen-bond acceptors (Lipinski definition) is 5. The van der Waals surface area contributed by atoms with Crippen molar-refractivity contribution in [2.75, 3.05) is 20.3 Å². The van der Waals surface area contributed by atoms with Crippen molar-refractivity contribution in [3.8, 4) is 6.07 Å². The fourth-order valence-electron chi connectivity index (χ4n) is 2.71. The van der Waals surface area contributed by atoms with Crippen molar-refractivity contribution in [1.82, 2.24) is 4.57 Å². The third-order valence-electron chi connectivity index (χ3n) is 4.20. The lowest BCUT2D eigenvalue weighted by Gasteiger charge is -2.08. The Morgan fingerprint density at radius 1 is 1.22 bits per heavy atom. The Bertz CT molecular complexity index is 889. The van der Waals surface area contributed by atoms with Gasteiger partial charge in [-0.05, 0) is 31.6 Å². The van der Waals surface area contributed by atoms with Crippen molar-refractivity contribution in [3.63, 3.8) is 0 Å². The van der Waals surface area contributed by atoms with Gasteiger partial charge in [-0.25, -0.2) is 4.79 Å². The van der Waals surface area contributed by atoms with E-state index in [0.717, 1.165) is 17.0 Å². The summed E-state index contributed by atoms with van der Waals surface area (Å²) in [5.41, 5.74) is 2.98. The smallest absolute Gasteiger partial charge is 0.349 e. The maximum Gasteiger partial charge on any atom is 0.349 e. The van der Waals surface area contributed by atoms with Crippen LogP contribution in [0.3, 0.4) is 0 Å². The second kappa shape index (κ2) is 9.51. The first-order valence-corrected chi connectivity index (χ1v) is 8.50. The quantitative estimate of drug-likeness (QED) is 0.310. The van der Waals surface area contributed by atoms with Gasteiger partial charge in [0.15, 0.2) is 12.4 Å². The van der Waals surface area contributed by atoms with Gasteiger partial charge in [0.25, 0.3) is 0 Å². The molecule has 6 nitrogen and oxygen atoms in total. The predicted octanol–water partition coefficient (Wildman–Crippen LogP) is 3.08. The largest absolute Gasteiger partial charge is 0.453 e. The third-order valence-corrected chi connectivity index (χ3v) is 4.20. The van der Waals surface area contributed by atoms with Crippen LogP contribution in [0.25, 0.3) is 6.08 Å². The first-order chi connectivity index (χ1) is 13.0. The van der Waals surface area contributed by atoms with Gasteiger partial charge in [0.2, 0.25) is 0 Å². The van der Waals surface area contributed by atoms with Gasteiger partial charge in [0, 0.05) is 30.6 Å². The van der Waals surface area contributed by atoms with E-state index in [-0.39, 0.29) is 11.4 Å². The van der Waals surface area contributed by atoms with Gasteiger partial charge in [-0.15, -0.1) is 0 Å². The molecule has 0 spiro atoms. The Labute approximate surface area is 158 Å². The van der Waals surface area contributed by atoms with E-state index in [4.69, 9.17) is 9.47 Å². The molecule has 2 rings (SSSR count). The molecule has 1 aromatic heterocycles. The number of carbonyl (C=O) groups is 2. The van der Waals surface area contributed by atoms with E-state index in [9.17, 15) is 14.9 Å². The van der Waals surface area contributed by atoms with Gasteiger partial charge in [-0.2, -0.15) is 5.26 Å². The summed E-state index contributed by atoms with van der Waals surface area (Å²) in [7, 11) is 1.63. The van der Waals surface area contributed by atoms with Crippen LogP contribution >= 0.6 is 0 Å². The highest BCUT2D eigenvalue weighted by Gasteiger charge is 2.16. The SMILES string of the molecule is COCCn1c(C)cc(/C=C(\C#N)C(=O)OCC(=O)c2ccccc2)c1C. The topological polar surface area (TPSA) is 81.3 Å². The molecular formula is C21H22N2O4. The number of hydrogen-bond donors (Lipinski definition) is 0. The normalized spacial score (nSPS) is 11.1. The summed E-state index contributed by atoms with van der Waals surface area (Å²) in [6.45, 7) is 4.69. The number of rotatable bonds is 8. The van der Waals surface area contributed by atoms with E-state index in [2.05, 4.69) is 4.57 Å². The number of aryl methyl sites for hydroxylation is 1. The van der Waals surface area contributed by atoms with Gasteiger partial charge in [-0.1, -0.05) is 30.3 Å². The highest BCUT2D eigenvalue weighted by atomic mass is 16.5. The Balaban J connectivity index is 2.11. The molecule has 0 aliphatic carbocycles. The fraction of sp³-hybridized carbons (Fsp3) is 0.286. The van der Waals surface area contributed by atoms with Gasteiger partial charge >= 0.3 is 5.97 Å². The molecule has 0 amide bonds. The minimum absolute atomic E-state index is 0.150. The standard InChI is InChI=1S/C21H22N2O4/c1-15-11-18(16(2)23(15)9-10-26-3)12-19(13-22)21(25)27-14-20(24)17-7-5-4-6-8-17/h4-8,11-12H,9-10,14H2,1-3H3/b19-12+. The average molecular weight is 366 g/mol. The number of nitrogens with zero attached hydrogens (tertiary/aromatic N) is 2. The highest BCUT2D eigenvalue weighted by Crippen LogP contribution is 2.18. The average Bonchev–Trinajstić information content (AvgIpc) is 2.95. The van der Waals surface area contributed by atoms with E-state index in [1.54, 1.807) is 37.4 Å². The molecule has 140 valence electrons. The van der Waals surface area contributed by atoms with Crippen LogP contribution < -0.4 is 0 Å². The first kappa shape index (κ1) is 20.1. The highest BCUT2D eigenvalue weighted by molar-refractivity contribution is 6.01. The van der Waals surface area contributed by atoms with Crippen molar-refractivity contribution >= 4 is 17.8 Å². The van der Waals surface area contributed by atoms with E-state index in [1.807, 2.05) is 26.0 Å². The lowest BCUT2D eigenvalue weighted by atomic mass is 10.1. The minimum atomic E-state index is -0.816. The zero-order chi connectivity index (χ0) is 19.8. The zero-order valence-electron chi connectivity index (χ0n) is 15.7. The van der Waals surface area contributed by atoms with Gasteiger partial charge in [0.1, 0.15) is 11.6 Å². The molecule has 1 aromatic carbocycles. The third kappa shape index (κ3) is 5.16. The number of carbonyl (C=O) groups excluding carboxylic acids is 2. The Hall–Kier alpha value is -3.17. The molecule has 2 aromatic rings. The molecule has 0 aliphatic rings. The number of methoxy groups -OCH3 is 1. The van der Waals surface area contributed by atoms with Crippen LogP contribution in [0.15, 0.2) is 42.0 Å². The van der Waals surface area contributed by atoms with Crippen molar-refractivity contribution in [1.29, 1.82) is 5.26 Å². The molecule has 6 heteroatoms. The Morgan fingerprint density at radius 3 is 2.56 bits per heavy atom. The van der Waals surface area contributed by atoms with Crippen LogP contribution in [-0.4, -0.2) is 36.6 Å². The summed E-state index contributed by atoms with van der Waals surface area (Å²) < 4.78 is 12.2. The molecule has 0 fully saturated rings. The van der Waals surface area contributed by atoms with Crippen molar-refractivity contribution in [2.45, 2.75) is 20.4 Å². The molecule has 0 atom stereocenters. The van der Waals surface area contributed by atoms with Crippen molar-refractivity contribution in [2.24, 2.45) is 0 Å². The van der Waals surface area contributed by atoms with Crippen LogP contribution in [0.1, 0.15) is 27.3 Å². The van der Waals surface area contributed by atoms with Crippen molar-refractivity contribution in [3.05, 3.63) is 64.5 Å². The van der Waals surface area contributed by atoms with Gasteiger partial charge in [0.05, 0.1) is 6.61 Å². The summed E-state index contributed by atoms with van der Waals surface area (Å²) >= 11 is 0. The monoisotopic (exact) mass is 366 g/mol. The molecule has 0 aliphatic heterocycles. The van der Waals surface area contributed by atoms with Crippen molar-refractivity contribution < 1.29 is 19.1 Å². The molecule has 0 saturated carbocycles. The van der Waals surface area contributed by atoms with E-state index in [1.165, 1.54) is 6.08 Å². The Morgan fingerprint density at radius 2 is 1.93 bits per heavy atom.